The molecule has 14 heteroatoms. The lowest BCUT2D eigenvalue weighted by Crippen LogP contribution is -2.54. The number of piperidine rings is 1. The molecule has 276 valence electrons. The summed E-state index contributed by atoms with van der Waals surface area (Å²) in [5, 5.41) is 6.40. The van der Waals surface area contributed by atoms with Crippen LogP contribution in [0.25, 0.3) is 0 Å². The van der Waals surface area contributed by atoms with E-state index < -0.39 is 29.7 Å². The van der Waals surface area contributed by atoms with Gasteiger partial charge in [0.15, 0.2) is 0 Å². The molecule has 3 aromatic rings. The van der Waals surface area contributed by atoms with Gasteiger partial charge in [0.2, 0.25) is 17.7 Å². The van der Waals surface area contributed by atoms with E-state index in [0.717, 1.165) is 73.1 Å². The number of benzene rings is 2. The standard InChI is InChI=1S/C39H43ClN8O5/c1-2-39(24-42-35-34(39)28(40)12-13-41-35)25-6-3-7-26(22-25)47-21-18-45(23-32(47)50)15-5-14-44-16-19-46(20-17-44)29-9-4-8-27-33(29)38(53)48(37(27)52)30-10-11-31(49)43-36(30)51/h3-4,6-9,12-13,22,30H,2,5,10-11,14-21,23-24H2,1H3,(H,41,42)(H,43,49,51). The number of nitrogens with zero attached hydrogens (tertiary/aromatic N) is 6. The Hall–Kier alpha value is -4.85. The number of halogens is 1. The van der Waals surface area contributed by atoms with Crippen LogP contribution in [0.15, 0.2) is 54.7 Å². The van der Waals surface area contributed by atoms with Gasteiger partial charge < -0.3 is 15.1 Å². The van der Waals surface area contributed by atoms with Crippen LogP contribution in [-0.4, -0.2) is 121 Å². The Balaban J connectivity index is 0.835. The van der Waals surface area contributed by atoms with Gasteiger partial charge in [-0.2, -0.15) is 0 Å². The van der Waals surface area contributed by atoms with E-state index in [0.29, 0.717) is 54.6 Å². The van der Waals surface area contributed by atoms with Crippen LogP contribution >= 0.6 is 11.6 Å². The minimum Gasteiger partial charge on any atom is -0.369 e. The maximum absolute atomic E-state index is 13.6. The quantitative estimate of drug-likeness (QED) is 0.315. The highest BCUT2D eigenvalue weighted by molar-refractivity contribution is 6.32. The topological polar surface area (TPSA) is 138 Å². The average molecular weight is 739 g/mol. The Morgan fingerprint density at radius 3 is 2.45 bits per heavy atom. The highest BCUT2D eigenvalue weighted by atomic mass is 35.5. The fourth-order valence-corrected chi connectivity index (χ4v) is 9.08. The first-order valence-corrected chi connectivity index (χ1v) is 18.9. The number of anilines is 3. The van der Waals surface area contributed by atoms with E-state index in [1.165, 1.54) is 0 Å². The summed E-state index contributed by atoms with van der Waals surface area (Å²) < 4.78 is 0. The number of imide groups is 2. The summed E-state index contributed by atoms with van der Waals surface area (Å²) in [6.45, 7) is 9.36. The van der Waals surface area contributed by atoms with Crippen LogP contribution in [0.3, 0.4) is 0 Å². The molecule has 3 fully saturated rings. The summed E-state index contributed by atoms with van der Waals surface area (Å²) in [6.07, 6.45) is 3.71. The maximum Gasteiger partial charge on any atom is 0.264 e. The molecule has 3 saturated heterocycles. The smallest absolute Gasteiger partial charge is 0.264 e. The molecular weight excluding hydrogens is 696 g/mol. The highest BCUT2D eigenvalue weighted by Crippen LogP contribution is 2.47. The number of rotatable bonds is 9. The van der Waals surface area contributed by atoms with Crippen molar-refractivity contribution in [2.45, 2.75) is 44.1 Å². The lowest BCUT2D eigenvalue weighted by molar-refractivity contribution is -0.136. The average Bonchev–Trinajstić information content (AvgIpc) is 3.68. The van der Waals surface area contributed by atoms with E-state index in [9.17, 15) is 24.0 Å². The van der Waals surface area contributed by atoms with E-state index in [2.05, 4.69) is 49.4 Å². The van der Waals surface area contributed by atoms with Crippen LogP contribution in [0.2, 0.25) is 5.02 Å². The predicted octanol–water partition coefficient (Wildman–Crippen LogP) is 3.12. The first kappa shape index (κ1) is 35.2. The van der Waals surface area contributed by atoms with Crippen LogP contribution < -0.4 is 20.4 Å². The SMILES string of the molecule is CCC1(c2cccc(N3CCN(CCCN4CCN(c5cccc6c5C(=O)N(C5CCC(=O)NC5=O)C6=O)CC4)CC3=O)c2)CNc2nccc(Cl)c21. The third kappa shape index (κ3) is 6.24. The van der Waals surface area contributed by atoms with Gasteiger partial charge in [-0.25, -0.2) is 4.98 Å². The van der Waals surface area contributed by atoms with Crippen molar-refractivity contribution in [3.05, 3.63) is 82.0 Å². The van der Waals surface area contributed by atoms with Gasteiger partial charge in [-0.15, -0.1) is 0 Å². The molecule has 6 heterocycles. The summed E-state index contributed by atoms with van der Waals surface area (Å²) in [4.78, 5) is 78.8. The largest absolute Gasteiger partial charge is 0.369 e. The van der Waals surface area contributed by atoms with Crippen molar-refractivity contribution in [3.63, 3.8) is 0 Å². The normalized spacial score (nSPS) is 23.7. The first-order chi connectivity index (χ1) is 25.7. The number of amides is 5. The zero-order valence-corrected chi connectivity index (χ0v) is 30.5. The highest BCUT2D eigenvalue weighted by Gasteiger charge is 2.46. The molecule has 0 bridgehead atoms. The minimum atomic E-state index is -0.987. The van der Waals surface area contributed by atoms with E-state index in [-0.39, 0.29) is 24.2 Å². The zero-order valence-electron chi connectivity index (χ0n) is 29.8. The summed E-state index contributed by atoms with van der Waals surface area (Å²) >= 11 is 6.70. The summed E-state index contributed by atoms with van der Waals surface area (Å²) in [5.41, 5.74) is 4.07. The van der Waals surface area contributed by atoms with Crippen molar-refractivity contribution in [1.29, 1.82) is 0 Å². The number of piperazine rings is 2. The number of carbonyl (C=O) groups is 5. The van der Waals surface area contributed by atoms with Crippen LogP contribution in [0.4, 0.5) is 17.2 Å². The summed E-state index contributed by atoms with van der Waals surface area (Å²) in [5.74, 6) is -1.06. The van der Waals surface area contributed by atoms with Crippen molar-refractivity contribution in [1.82, 2.24) is 25.0 Å². The molecule has 0 aliphatic carbocycles. The molecule has 0 spiro atoms. The third-order valence-electron chi connectivity index (χ3n) is 11.7. The molecule has 2 N–H and O–H groups in total. The molecule has 2 aromatic carbocycles. The van der Waals surface area contributed by atoms with Crippen LogP contribution in [0, 0.1) is 0 Å². The lowest BCUT2D eigenvalue weighted by atomic mass is 9.74. The molecule has 2 unspecified atom stereocenters. The first-order valence-electron chi connectivity index (χ1n) is 18.5. The van der Waals surface area contributed by atoms with Gasteiger partial charge in [0.25, 0.3) is 11.8 Å². The van der Waals surface area contributed by atoms with E-state index >= 15 is 0 Å². The molecule has 5 aliphatic rings. The van der Waals surface area contributed by atoms with E-state index in [1.807, 2.05) is 29.2 Å². The molecule has 1 aromatic heterocycles. The molecular formula is C39H43ClN8O5. The van der Waals surface area contributed by atoms with Crippen molar-refractivity contribution < 1.29 is 24.0 Å². The molecule has 5 amide bonds. The van der Waals surface area contributed by atoms with Crippen molar-refractivity contribution in [2.75, 3.05) is 80.6 Å². The number of hydrogen-bond acceptors (Lipinski definition) is 10. The molecule has 0 saturated carbocycles. The number of hydrogen-bond donors (Lipinski definition) is 2. The number of fused-ring (bicyclic) bond motifs is 2. The fourth-order valence-electron chi connectivity index (χ4n) is 8.75. The van der Waals surface area contributed by atoms with Crippen LogP contribution in [-0.2, 0) is 19.8 Å². The van der Waals surface area contributed by atoms with Crippen LogP contribution in [0.1, 0.15) is 64.4 Å². The predicted molar refractivity (Wildman–Crippen MR) is 200 cm³/mol. The van der Waals surface area contributed by atoms with Gasteiger partial charge in [0.1, 0.15) is 11.9 Å². The Kier molecular flexibility index (Phi) is 9.42. The maximum atomic E-state index is 13.6. The second kappa shape index (κ2) is 14.2. The Labute approximate surface area is 313 Å². The monoisotopic (exact) mass is 738 g/mol. The summed E-state index contributed by atoms with van der Waals surface area (Å²) in [7, 11) is 0. The number of carbonyl (C=O) groups excluding carboxylic acids is 5. The Morgan fingerprint density at radius 2 is 1.68 bits per heavy atom. The van der Waals surface area contributed by atoms with E-state index in [1.54, 1.807) is 18.3 Å². The van der Waals surface area contributed by atoms with Crippen molar-refractivity contribution in [2.24, 2.45) is 0 Å². The third-order valence-corrected chi connectivity index (χ3v) is 12.0. The number of aromatic nitrogens is 1. The van der Waals surface area contributed by atoms with Crippen LogP contribution in [0.5, 0.6) is 0 Å². The second-order valence-corrected chi connectivity index (χ2v) is 14.9. The Morgan fingerprint density at radius 1 is 0.906 bits per heavy atom. The zero-order chi connectivity index (χ0) is 36.9. The molecule has 8 rings (SSSR count). The minimum absolute atomic E-state index is 0.0857. The summed E-state index contributed by atoms with van der Waals surface area (Å²) in [6, 6.07) is 14.4. The molecule has 5 aliphatic heterocycles. The fraction of sp³-hybridized carbons (Fsp3) is 0.436. The van der Waals surface area contributed by atoms with Crippen molar-refractivity contribution >= 4 is 58.3 Å². The van der Waals surface area contributed by atoms with Gasteiger partial charge in [-0.3, -0.25) is 44.0 Å². The van der Waals surface area contributed by atoms with Gasteiger partial charge in [0, 0.05) is 80.1 Å². The number of pyridine rings is 1. The Bertz CT molecular complexity index is 2000. The lowest BCUT2D eigenvalue weighted by Gasteiger charge is -2.38. The van der Waals surface area contributed by atoms with E-state index in [4.69, 9.17) is 11.6 Å². The van der Waals surface area contributed by atoms with Gasteiger partial charge >= 0.3 is 0 Å². The van der Waals surface area contributed by atoms with Gasteiger partial charge in [-0.05, 0) is 68.2 Å². The van der Waals surface area contributed by atoms with Gasteiger partial charge in [-0.1, -0.05) is 36.7 Å². The molecule has 53 heavy (non-hydrogen) atoms. The second-order valence-electron chi connectivity index (χ2n) is 14.5. The van der Waals surface area contributed by atoms with Gasteiger partial charge in [0.05, 0.1) is 23.4 Å². The number of nitrogens with one attached hydrogen (secondary N) is 2. The van der Waals surface area contributed by atoms with Crippen molar-refractivity contribution in [3.8, 4) is 0 Å². The molecule has 13 nitrogen and oxygen atoms in total. The molecule has 0 radical (unpaired) electrons. The molecule has 2 atom stereocenters.